The second kappa shape index (κ2) is 4.56. The number of nitrogens with one attached hydrogen (secondary N) is 2. The molecular formula is C11H9N3O3. The molecule has 0 fully saturated rings. The van der Waals surface area contributed by atoms with Crippen molar-refractivity contribution in [2.24, 2.45) is 4.99 Å². The Morgan fingerprint density at radius 1 is 1.12 bits per heavy atom. The maximum atomic E-state index is 11.0. The quantitative estimate of drug-likeness (QED) is 0.614. The van der Waals surface area contributed by atoms with E-state index in [0.717, 1.165) is 0 Å². The zero-order chi connectivity index (χ0) is 12.3. The molecule has 6 nitrogen and oxygen atoms in total. The van der Waals surface area contributed by atoms with Gasteiger partial charge < -0.3 is 10.6 Å². The fourth-order valence-electron chi connectivity index (χ4n) is 1.38. The predicted octanol–water partition coefficient (Wildman–Crippen LogP) is -0.0341. The van der Waals surface area contributed by atoms with E-state index in [9.17, 15) is 14.4 Å². The van der Waals surface area contributed by atoms with Crippen LogP contribution in [-0.2, 0) is 9.59 Å². The van der Waals surface area contributed by atoms with Crippen LogP contribution in [0.15, 0.2) is 29.3 Å². The molecule has 2 heterocycles. The Hall–Kier alpha value is -2.50. The van der Waals surface area contributed by atoms with Crippen molar-refractivity contribution in [1.82, 2.24) is 5.32 Å². The van der Waals surface area contributed by atoms with E-state index in [4.69, 9.17) is 0 Å². The lowest BCUT2D eigenvalue weighted by Gasteiger charge is -1.91. The smallest absolute Gasteiger partial charge is 0.296 e. The van der Waals surface area contributed by atoms with Gasteiger partial charge in [0.1, 0.15) is 6.54 Å². The van der Waals surface area contributed by atoms with E-state index >= 15 is 0 Å². The average Bonchev–Trinajstić information content (AvgIpc) is 2.90. The fraction of sp³-hybridized carbons (Fsp3) is 0.0909. The number of benzene rings is 1. The highest BCUT2D eigenvalue weighted by molar-refractivity contribution is 6.51. The van der Waals surface area contributed by atoms with E-state index in [1.807, 2.05) is 0 Å². The lowest BCUT2D eigenvalue weighted by atomic mass is 10.1. The summed E-state index contributed by atoms with van der Waals surface area (Å²) in [5, 5.41) is 4.85. The highest BCUT2D eigenvalue weighted by Gasteiger charge is 2.26. The highest BCUT2D eigenvalue weighted by atomic mass is 16.2. The van der Waals surface area contributed by atoms with Gasteiger partial charge in [-0.25, -0.2) is 0 Å². The number of fused-ring (bicyclic) bond motifs is 1. The van der Waals surface area contributed by atoms with Crippen molar-refractivity contribution >= 4 is 29.6 Å². The normalized spacial score (nSPS) is 15.9. The summed E-state index contributed by atoms with van der Waals surface area (Å²) in [6.45, 7) is 0.306. The first-order chi connectivity index (χ1) is 8.18. The second-order valence-electron chi connectivity index (χ2n) is 3.37. The van der Waals surface area contributed by atoms with Crippen LogP contribution < -0.4 is 10.6 Å². The lowest BCUT2D eigenvalue weighted by Crippen LogP contribution is -2.15. The molecule has 0 radical (unpaired) electrons. The summed E-state index contributed by atoms with van der Waals surface area (Å²) in [7, 11) is 0. The van der Waals surface area contributed by atoms with Gasteiger partial charge in [0.2, 0.25) is 5.91 Å². The van der Waals surface area contributed by atoms with Crippen LogP contribution in [0, 0.1) is 0 Å². The summed E-state index contributed by atoms with van der Waals surface area (Å²) >= 11 is 0. The minimum atomic E-state index is -0.536. The van der Waals surface area contributed by atoms with Gasteiger partial charge in [-0.1, -0.05) is 12.1 Å². The number of nitrogens with zero attached hydrogens (tertiary/aromatic N) is 1. The topological polar surface area (TPSA) is 87.6 Å². The largest absolute Gasteiger partial charge is 0.318 e. The molecule has 3 rings (SSSR count). The Morgan fingerprint density at radius 2 is 1.88 bits per heavy atom. The van der Waals surface area contributed by atoms with E-state index in [-0.39, 0.29) is 5.91 Å². The molecule has 0 saturated heterocycles. The Balaban J connectivity index is 0.000000153. The van der Waals surface area contributed by atoms with Crippen molar-refractivity contribution in [3.05, 3.63) is 29.8 Å². The third-order valence-electron chi connectivity index (χ3n) is 2.18. The van der Waals surface area contributed by atoms with Gasteiger partial charge >= 0.3 is 0 Å². The van der Waals surface area contributed by atoms with Crippen LogP contribution in [0.1, 0.15) is 10.4 Å². The number of rotatable bonds is 0. The molecule has 2 aliphatic rings. The maximum absolute atomic E-state index is 11.0. The average molecular weight is 231 g/mol. The number of carbonyl (C=O) groups excluding carboxylic acids is 3. The number of anilines is 1. The van der Waals surface area contributed by atoms with Crippen molar-refractivity contribution < 1.29 is 14.4 Å². The van der Waals surface area contributed by atoms with E-state index in [0.29, 0.717) is 17.8 Å². The standard InChI is InChI=1S/C8H5NO2.C3H4N2O/c10-7-5-3-1-2-4-6(5)9-8(7)11;6-3-1-4-2-5-3/h1-4H,(H,9,10,11);2H,1H2,(H,4,5,6). The van der Waals surface area contributed by atoms with Crippen LogP contribution in [0.5, 0.6) is 0 Å². The van der Waals surface area contributed by atoms with Gasteiger partial charge in [-0.2, -0.15) is 0 Å². The number of hydrogen-bond donors (Lipinski definition) is 2. The van der Waals surface area contributed by atoms with Gasteiger partial charge in [0.05, 0.1) is 17.6 Å². The number of carbonyl (C=O) groups is 3. The van der Waals surface area contributed by atoms with Gasteiger partial charge in [-0.05, 0) is 12.1 Å². The minimum Gasteiger partial charge on any atom is -0.318 e. The van der Waals surface area contributed by atoms with Crippen LogP contribution in [0.2, 0.25) is 0 Å². The van der Waals surface area contributed by atoms with Gasteiger partial charge in [0, 0.05) is 0 Å². The minimum absolute atomic E-state index is 0.0185. The molecule has 0 atom stereocenters. The molecule has 6 heteroatoms. The van der Waals surface area contributed by atoms with Crippen molar-refractivity contribution in [3.63, 3.8) is 0 Å². The summed E-state index contributed by atoms with van der Waals surface area (Å²) in [6.07, 6.45) is 1.41. The van der Waals surface area contributed by atoms with Crippen LogP contribution in [0.3, 0.4) is 0 Å². The second-order valence-corrected chi connectivity index (χ2v) is 3.37. The summed E-state index contributed by atoms with van der Waals surface area (Å²) in [4.78, 5) is 35.3. The van der Waals surface area contributed by atoms with E-state index < -0.39 is 11.7 Å². The Kier molecular flexibility index (Phi) is 2.95. The zero-order valence-corrected chi connectivity index (χ0v) is 8.77. The SMILES string of the molecule is O=C1CN=CN1.O=C1Nc2ccccc2C1=O. The van der Waals surface area contributed by atoms with E-state index in [1.54, 1.807) is 24.3 Å². The van der Waals surface area contributed by atoms with Gasteiger partial charge in [0.15, 0.2) is 0 Å². The number of ketones is 1. The molecule has 0 unspecified atom stereocenters. The predicted molar refractivity (Wildman–Crippen MR) is 60.9 cm³/mol. The maximum Gasteiger partial charge on any atom is 0.296 e. The molecule has 2 amide bonds. The molecule has 2 aliphatic heterocycles. The summed E-state index contributed by atoms with van der Waals surface area (Å²) in [5.41, 5.74) is 1.08. The van der Waals surface area contributed by atoms with E-state index in [2.05, 4.69) is 15.6 Å². The van der Waals surface area contributed by atoms with E-state index in [1.165, 1.54) is 6.34 Å². The number of amides is 2. The monoisotopic (exact) mass is 231 g/mol. The van der Waals surface area contributed by atoms with Crippen molar-refractivity contribution in [3.8, 4) is 0 Å². The van der Waals surface area contributed by atoms with Crippen molar-refractivity contribution in [2.45, 2.75) is 0 Å². The van der Waals surface area contributed by atoms with Crippen LogP contribution in [0.25, 0.3) is 0 Å². The van der Waals surface area contributed by atoms with Gasteiger partial charge in [-0.3, -0.25) is 19.4 Å². The highest BCUT2D eigenvalue weighted by Crippen LogP contribution is 2.21. The van der Waals surface area contributed by atoms with Gasteiger partial charge in [0.25, 0.3) is 11.7 Å². The molecule has 1 aromatic carbocycles. The molecule has 0 aromatic heterocycles. The first-order valence-electron chi connectivity index (χ1n) is 4.91. The third-order valence-corrected chi connectivity index (χ3v) is 2.18. The molecule has 0 aliphatic carbocycles. The zero-order valence-electron chi connectivity index (χ0n) is 8.77. The number of hydrogen-bond acceptors (Lipinski definition) is 4. The number of Topliss-reactive ketones (excluding diaryl/α,β-unsaturated/α-hetero) is 1. The third kappa shape index (κ3) is 2.36. The molecule has 86 valence electrons. The van der Waals surface area contributed by atoms with Gasteiger partial charge in [-0.15, -0.1) is 0 Å². The van der Waals surface area contributed by atoms with Crippen molar-refractivity contribution in [1.29, 1.82) is 0 Å². The summed E-state index contributed by atoms with van der Waals surface area (Å²) in [5.74, 6) is -0.998. The molecule has 0 saturated carbocycles. The molecular weight excluding hydrogens is 222 g/mol. The fourth-order valence-corrected chi connectivity index (χ4v) is 1.38. The first kappa shape index (κ1) is 11.0. The molecule has 1 aromatic rings. The van der Waals surface area contributed by atoms with Crippen LogP contribution in [0.4, 0.5) is 5.69 Å². The molecule has 17 heavy (non-hydrogen) atoms. The number of para-hydroxylation sites is 1. The molecule has 0 bridgehead atoms. The Labute approximate surface area is 96.7 Å². The van der Waals surface area contributed by atoms with Crippen LogP contribution >= 0.6 is 0 Å². The number of aliphatic imine (C=N–C) groups is 1. The molecule has 2 N–H and O–H groups in total. The summed E-state index contributed by atoms with van der Waals surface area (Å²) < 4.78 is 0. The molecule has 0 spiro atoms. The van der Waals surface area contributed by atoms with Crippen molar-refractivity contribution in [2.75, 3.05) is 11.9 Å². The van der Waals surface area contributed by atoms with Crippen LogP contribution in [-0.4, -0.2) is 30.5 Å². The first-order valence-corrected chi connectivity index (χ1v) is 4.91. The lowest BCUT2D eigenvalue weighted by molar-refractivity contribution is -0.117. The summed E-state index contributed by atoms with van der Waals surface area (Å²) in [6, 6.07) is 6.85. The Bertz CT molecular complexity index is 512. The Morgan fingerprint density at radius 3 is 2.41 bits per heavy atom.